The lowest BCUT2D eigenvalue weighted by molar-refractivity contribution is -0.123. The van der Waals surface area contributed by atoms with Crippen LogP contribution < -0.4 is 14.2 Å². The molecule has 3 aromatic rings. The zero-order valence-electron chi connectivity index (χ0n) is 19.2. The first kappa shape index (κ1) is 24.1. The van der Waals surface area contributed by atoms with Crippen LogP contribution in [-0.2, 0) is 4.79 Å². The Morgan fingerprint density at radius 1 is 0.943 bits per heavy atom. The highest BCUT2D eigenvalue weighted by Gasteiger charge is 2.34. The lowest BCUT2D eigenvalue weighted by atomic mass is 10.2. The molecule has 178 valence electrons. The maximum absolute atomic E-state index is 12.8. The van der Waals surface area contributed by atoms with Crippen molar-refractivity contribution in [1.82, 2.24) is 4.90 Å². The van der Waals surface area contributed by atoms with Crippen molar-refractivity contribution in [2.24, 2.45) is 0 Å². The fourth-order valence-corrected chi connectivity index (χ4v) is 4.16. The number of thioether (sulfide) groups is 1. The molecule has 8 heteroatoms. The van der Waals surface area contributed by atoms with Gasteiger partial charge in [-0.1, -0.05) is 29.8 Å². The first-order valence-corrected chi connectivity index (χ1v) is 11.7. The summed E-state index contributed by atoms with van der Waals surface area (Å²) >= 11 is 0.868. The van der Waals surface area contributed by atoms with E-state index in [-0.39, 0.29) is 24.3 Å². The molecule has 3 aromatic carbocycles. The van der Waals surface area contributed by atoms with Crippen LogP contribution in [0.1, 0.15) is 21.5 Å². The van der Waals surface area contributed by atoms with Crippen molar-refractivity contribution in [3.8, 4) is 17.2 Å². The summed E-state index contributed by atoms with van der Waals surface area (Å²) in [4.78, 5) is 39.0. The molecule has 0 spiro atoms. The van der Waals surface area contributed by atoms with Crippen molar-refractivity contribution in [3.05, 3.63) is 94.4 Å². The second-order valence-electron chi connectivity index (χ2n) is 7.69. The molecule has 1 heterocycles. The number of esters is 1. The number of carbonyl (C=O) groups excluding carboxylic acids is 3. The van der Waals surface area contributed by atoms with Crippen LogP contribution in [0.3, 0.4) is 0 Å². The lowest BCUT2D eigenvalue weighted by Gasteiger charge is -2.13. The molecule has 0 bridgehead atoms. The Kier molecular flexibility index (Phi) is 7.52. The quantitative estimate of drug-likeness (QED) is 0.240. The summed E-state index contributed by atoms with van der Waals surface area (Å²) in [5.74, 6) is 0.746. The molecular weight excluding hydrogens is 466 g/mol. The predicted octanol–water partition coefficient (Wildman–Crippen LogP) is 5.34. The summed E-state index contributed by atoms with van der Waals surface area (Å²) in [5, 5.41) is -0.351. The number of nitrogens with zero attached hydrogens (tertiary/aromatic N) is 1. The molecule has 1 saturated heterocycles. The molecule has 0 aromatic heterocycles. The third kappa shape index (κ3) is 6.10. The van der Waals surface area contributed by atoms with Gasteiger partial charge in [-0.15, -0.1) is 0 Å². The molecule has 0 unspecified atom stereocenters. The number of amides is 2. The SMILES string of the molecule is COc1ccc(C(=O)Oc2cccc(/C=C3\SC(=O)N(CCOc4ccc(C)cc4)C3=O)c2)cc1. The minimum atomic E-state index is -0.515. The number of hydrogen-bond donors (Lipinski definition) is 0. The van der Waals surface area contributed by atoms with Gasteiger partial charge < -0.3 is 14.2 Å². The van der Waals surface area contributed by atoms with Gasteiger partial charge in [0.25, 0.3) is 11.1 Å². The summed E-state index contributed by atoms with van der Waals surface area (Å²) < 4.78 is 16.2. The Bertz CT molecular complexity index is 1270. The number of methoxy groups -OCH3 is 1. The van der Waals surface area contributed by atoms with E-state index < -0.39 is 5.97 Å². The fraction of sp³-hybridized carbons (Fsp3) is 0.148. The molecule has 0 atom stereocenters. The van der Waals surface area contributed by atoms with E-state index >= 15 is 0 Å². The van der Waals surface area contributed by atoms with Crippen LogP contribution in [0.5, 0.6) is 17.2 Å². The molecule has 0 radical (unpaired) electrons. The van der Waals surface area contributed by atoms with Crippen LogP contribution in [0.25, 0.3) is 6.08 Å². The summed E-state index contributed by atoms with van der Waals surface area (Å²) in [7, 11) is 1.55. The lowest BCUT2D eigenvalue weighted by Crippen LogP contribution is -2.32. The van der Waals surface area contributed by atoms with Crippen molar-refractivity contribution in [2.75, 3.05) is 20.3 Å². The van der Waals surface area contributed by atoms with Crippen molar-refractivity contribution in [1.29, 1.82) is 0 Å². The second-order valence-corrected chi connectivity index (χ2v) is 8.68. The average molecular weight is 490 g/mol. The molecule has 1 aliphatic heterocycles. The van der Waals surface area contributed by atoms with Gasteiger partial charge in [0.1, 0.15) is 23.9 Å². The number of hydrogen-bond acceptors (Lipinski definition) is 7. The van der Waals surface area contributed by atoms with Gasteiger partial charge in [-0.3, -0.25) is 14.5 Å². The van der Waals surface area contributed by atoms with Crippen LogP contribution in [-0.4, -0.2) is 42.3 Å². The highest BCUT2D eigenvalue weighted by molar-refractivity contribution is 8.18. The first-order chi connectivity index (χ1) is 16.9. The van der Waals surface area contributed by atoms with E-state index in [1.807, 2.05) is 31.2 Å². The minimum Gasteiger partial charge on any atom is -0.497 e. The van der Waals surface area contributed by atoms with Gasteiger partial charge in [0.2, 0.25) is 0 Å². The van der Waals surface area contributed by atoms with E-state index in [4.69, 9.17) is 14.2 Å². The van der Waals surface area contributed by atoms with E-state index in [0.29, 0.717) is 33.3 Å². The molecule has 7 nitrogen and oxygen atoms in total. The molecular formula is C27H23NO6S. The molecule has 2 amide bonds. The zero-order chi connectivity index (χ0) is 24.8. The Morgan fingerprint density at radius 2 is 1.66 bits per heavy atom. The zero-order valence-corrected chi connectivity index (χ0v) is 20.0. The Morgan fingerprint density at radius 3 is 2.37 bits per heavy atom. The van der Waals surface area contributed by atoms with Gasteiger partial charge in [-0.25, -0.2) is 4.79 Å². The summed E-state index contributed by atoms with van der Waals surface area (Å²) in [6, 6.07) is 20.9. The van der Waals surface area contributed by atoms with Crippen molar-refractivity contribution < 1.29 is 28.6 Å². The van der Waals surface area contributed by atoms with Gasteiger partial charge in [0, 0.05) is 0 Å². The largest absolute Gasteiger partial charge is 0.497 e. The van der Waals surface area contributed by atoms with Crippen LogP contribution in [0.2, 0.25) is 0 Å². The average Bonchev–Trinajstić information content (AvgIpc) is 3.12. The molecule has 1 aliphatic rings. The number of rotatable bonds is 8. The van der Waals surface area contributed by atoms with Gasteiger partial charge in [-0.2, -0.15) is 0 Å². The van der Waals surface area contributed by atoms with Gasteiger partial charge >= 0.3 is 5.97 Å². The molecule has 4 rings (SSSR count). The topological polar surface area (TPSA) is 82.1 Å². The van der Waals surface area contributed by atoms with Crippen LogP contribution in [0.4, 0.5) is 4.79 Å². The molecule has 0 aliphatic carbocycles. The third-order valence-electron chi connectivity index (χ3n) is 5.17. The highest BCUT2D eigenvalue weighted by Crippen LogP contribution is 2.32. The third-order valence-corrected chi connectivity index (χ3v) is 6.08. The predicted molar refractivity (Wildman–Crippen MR) is 134 cm³/mol. The molecule has 0 saturated carbocycles. The maximum Gasteiger partial charge on any atom is 0.343 e. The smallest absolute Gasteiger partial charge is 0.343 e. The second kappa shape index (κ2) is 10.9. The monoisotopic (exact) mass is 489 g/mol. The Labute approximate surface area is 207 Å². The highest BCUT2D eigenvalue weighted by atomic mass is 32.2. The fourth-order valence-electron chi connectivity index (χ4n) is 3.29. The normalized spacial score (nSPS) is 14.3. The molecule has 1 fully saturated rings. The van der Waals surface area contributed by atoms with Crippen LogP contribution in [0.15, 0.2) is 77.7 Å². The van der Waals surface area contributed by atoms with E-state index in [9.17, 15) is 14.4 Å². The van der Waals surface area contributed by atoms with Crippen LogP contribution in [0, 0.1) is 6.92 Å². The Balaban J connectivity index is 1.38. The van der Waals surface area contributed by atoms with Crippen molar-refractivity contribution in [2.45, 2.75) is 6.92 Å². The van der Waals surface area contributed by atoms with E-state index in [1.54, 1.807) is 61.7 Å². The van der Waals surface area contributed by atoms with E-state index in [2.05, 4.69) is 0 Å². The molecule has 0 N–H and O–H groups in total. The number of benzene rings is 3. The minimum absolute atomic E-state index is 0.148. The number of aryl methyl sites for hydroxylation is 1. The van der Waals surface area contributed by atoms with E-state index in [1.165, 1.54) is 0 Å². The van der Waals surface area contributed by atoms with E-state index in [0.717, 1.165) is 22.2 Å². The maximum atomic E-state index is 12.8. The summed E-state index contributed by atoms with van der Waals surface area (Å²) in [6.45, 7) is 2.33. The van der Waals surface area contributed by atoms with Gasteiger partial charge in [-0.05, 0) is 78.9 Å². The standard InChI is InChI=1S/C27H23NO6S/c1-18-6-10-22(11-7-18)33-15-14-28-25(29)24(35-27(28)31)17-19-4-3-5-23(16-19)34-26(30)20-8-12-21(32-2)13-9-20/h3-13,16-17H,14-15H2,1-2H3/b24-17-. The van der Waals surface area contributed by atoms with Crippen LogP contribution >= 0.6 is 11.8 Å². The summed E-state index contributed by atoms with van der Waals surface area (Å²) in [6.07, 6.45) is 1.61. The van der Waals surface area contributed by atoms with Gasteiger partial charge in [0.15, 0.2) is 0 Å². The molecule has 35 heavy (non-hydrogen) atoms. The van der Waals surface area contributed by atoms with Crippen molar-refractivity contribution in [3.63, 3.8) is 0 Å². The number of imide groups is 1. The number of ether oxygens (including phenoxy) is 3. The first-order valence-electron chi connectivity index (χ1n) is 10.8. The van der Waals surface area contributed by atoms with Crippen molar-refractivity contribution >= 4 is 35.0 Å². The number of carbonyl (C=O) groups is 3. The summed E-state index contributed by atoms with van der Waals surface area (Å²) in [5.41, 5.74) is 2.13. The Hall–Kier alpha value is -4.04. The van der Waals surface area contributed by atoms with Gasteiger partial charge in [0.05, 0.1) is 24.1 Å².